The van der Waals surface area contributed by atoms with Crippen molar-refractivity contribution in [2.24, 2.45) is 5.73 Å². The third kappa shape index (κ3) is 3.32. The molecule has 3 nitrogen and oxygen atoms in total. The molecule has 0 aliphatic heterocycles. The molecule has 1 heterocycles. The normalized spacial score (nSPS) is 12.7. The predicted molar refractivity (Wildman–Crippen MR) is 67.2 cm³/mol. The lowest BCUT2D eigenvalue weighted by Crippen LogP contribution is -2.11. The van der Waals surface area contributed by atoms with Crippen molar-refractivity contribution in [1.82, 2.24) is 0 Å². The van der Waals surface area contributed by atoms with Crippen LogP contribution in [0.3, 0.4) is 0 Å². The van der Waals surface area contributed by atoms with Gasteiger partial charge in [-0.15, -0.1) is 0 Å². The zero-order valence-electron chi connectivity index (χ0n) is 10.5. The molecule has 0 spiro atoms. The Kier molecular flexibility index (Phi) is 4.16. The summed E-state index contributed by atoms with van der Waals surface area (Å²) in [7, 11) is 0. The third-order valence-electron chi connectivity index (χ3n) is 2.78. The van der Waals surface area contributed by atoms with Crippen LogP contribution >= 0.6 is 0 Å². The van der Waals surface area contributed by atoms with E-state index in [-0.39, 0.29) is 5.75 Å². The van der Waals surface area contributed by atoms with E-state index in [0.29, 0.717) is 11.3 Å². The zero-order valence-corrected chi connectivity index (χ0v) is 10.5. The first-order chi connectivity index (χ1) is 9.10. The summed E-state index contributed by atoms with van der Waals surface area (Å²) in [5, 5.41) is 0. The molecule has 0 aliphatic rings. The van der Waals surface area contributed by atoms with E-state index >= 15 is 0 Å². The zero-order chi connectivity index (χ0) is 13.8. The number of benzene rings is 1. The summed E-state index contributed by atoms with van der Waals surface area (Å²) < 4.78 is 34.2. The Morgan fingerprint density at radius 3 is 2.68 bits per heavy atom. The second kappa shape index (κ2) is 5.84. The lowest BCUT2D eigenvalue weighted by Gasteiger charge is -2.11. The maximum atomic E-state index is 12.2. The Bertz CT molecular complexity index is 540. The Morgan fingerprint density at radius 2 is 2.05 bits per heavy atom. The summed E-state index contributed by atoms with van der Waals surface area (Å²) in [6, 6.07) is 9.47. The molecule has 102 valence electrons. The van der Waals surface area contributed by atoms with Gasteiger partial charge in [-0.05, 0) is 29.8 Å². The number of rotatable bonds is 5. The molecule has 0 aliphatic carbocycles. The van der Waals surface area contributed by atoms with E-state index in [0.717, 1.165) is 12.2 Å². The average molecular weight is 267 g/mol. The molecule has 2 N–H and O–H groups in total. The summed E-state index contributed by atoms with van der Waals surface area (Å²) >= 11 is 0. The summed E-state index contributed by atoms with van der Waals surface area (Å²) in [6.45, 7) is -0.868. The maximum Gasteiger partial charge on any atom is 0.387 e. The van der Waals surface area contributed by atoms with Gasteiger partial charge in [-0.2, -0.15) is 8.78 Å². The van der Waals surface area contributed by atoms with Gasteiger partial charge in [0.15, 0.2) is 0 Å². The SMILES string of the molecule is CCc1ccc(C(N)c2cccc(OC(F)F)c2)o1. The second-order valence-electron chi connectivity index (χ2n) is 4.09. The Hall–Kier alpha value is -1.88. The van der Waals surface area contributed by atoms with Crippen LogP contribution in [-0.2, 0) is 6.42 Å². The van der Waals surface area contributed by atoms with Crippen LogP contribution in [0.15, 0.2) is 40.8 Å². The lowest BCUT2D eigenvalue weighted by atomic mass is 10.1. The van der Waals surface area contributed by atoms with Crippen LogP contribution in [0.2, 0.25) is 0 Å². The predicted octanol–water partition coefficient (Wildman–Crippen LogP) is 3.49. The molecular formula is C14H15F2NO2. The fraction of sp³-hybridized carbons (Fsp3) is 0.286. The van der Waals surface area contributed by atoms with Crippen molar-refractivity contribution in [2.75, 3.05) is 0 Å². The number of halogens is 2. The minimum absolute atomic E-state index is 0.0882. The minimum atomic E-state index is -2.85. The van der Waals surface area contributed by atoms with E-state index in [2.05, 4.69) is 4.74 Å². The van der Waals surface area contributed by atoms with E-state index in [4.69, 9.17) is 10.2 Å². The first-order valence-electron chi connectivity index (χ1n) is 5.99. The molecule has 1 unspecified atom stereocenters. The number of hydrogen-bond acceptors (Lipinski definition) is 3. The van der Waals surface area contributed by atoms with Crippen LogP contribution in [0.4, 0.5) is 8.78 Å². The van der Waals surface area contributed by atoms with Crippen LogP contribution in [-0.4, -0.2) is 6.61 Å². The van der Waals surface area contributed by atoms with Gasteiger partial charge in [0.25, 0.3) is 0 Å². The smallest absolute Gasteiger partial charge is 0.387 e. The van der Waals surface area contributed by atoms with E-state index in [1.165, 1.54) is 12.1 Å². The van der Waals surface area contributed by atoms with Crippen LogP contribution in [0.25, 0.3) is 0 Å². The number of aryl methyl sites for hydroxylation is 1. The number of nitrogens with two attached hydrogens (primary N) is 1. The maximum absolute atomic E-state index is 12.2. The van der Waals surface area contributed by atoms with Gasteiger partial charge in [-0.1, -0.05) is 19.1 Å². The van der Waals surface area contributed by atoms with Gasteiger partial charge >= 0.3 is 6.61 Å². The molecular weight excluding hydrogens is 252 g/mol. The molecule has 0 fully saturated rings. The average Bonchev–Trinajstić information content (AvgIpc) is 2.86. The molecule has 0 amide bonds. The highest BCUT2D eigenvalue weighted by atomic mass is 19.3. The summed E-state index contributed by atoms with van der Waals surface area (Å²) in [4.78, 5) is 0. The van der Waals surface area contributed by atoms with E-state index in [1.54, 1.807) is 18.2 Å². The molecule has 1 atom stereocenters. The third-order valence-corrected chi connectivity index (χ3v) is 2.78. The fourth-order valence-corrected chi connectivity index (χ4v) is 1.80. The van der Waals surface area contributed by atoms with Crippen molar-refractivity contribution < 1.29 is 17.9 Å². The minimum Gasteiger partial charge on any atom is -0.464 e. The van der Waals surface area contributed by atoms with Gasteiger partial charge in [0.1, 0.15) is 17.3 Å². The molecule has 2 aromatic rings. The Labute approximate surface area is 110 Å². The molecule has 0 saturated heterocycles. The van der Waals surface area contributed by atoms with Crippen LogP contribution in [0.1, 0.15) is 30.0 Å². The highest BCUT2D eigenvalue weighted by molar-refractivity contribution is 5.34. The standard InChI is InChI=1S/C14H15F2NO2/c1-2-10-6-7-12(18-10)13(17)9-4-3-5-11(8-9)19-14(15)16/h3-8,13-14H,2,17H2,1H3. The van der Waals surface area contributed by atoms with E-state index < -0.39 is 12.7 Å². The van der Waals surface area contributed by atoms with E-state index in [1.807, 2.05) is 13.0 Å². The fourth-order valence-electron chi connectivity index (χ4n) is 1.80. The molecule has 19 heavy (non-hydrogen) atoms. The Morgan fingerprint density at radius 1 is 1.26 bits per heavy atom. The molecule has 5 heteroatoms. The largest absolute Gasteiger partial charge is 0.464 e. The molecule has 2 rings (SSSR count). The van der Waals surface area contributed by atoms with Crippen LogP contribution in [0.5, 0.6) is 5.75 Å². The van der Waals surface area contributed by atoms with E-state index in [9.17, 15) is 8.78 Å². The summed E-state index contributed by atoms with van der Waals surface area (Å²) in [5.74, 6) is 1.53. The molecule has 0 radical (unpaired) electrons. The molecule has 1 aromatic heterocycles. The van der Waals surface area contributed by atoms with Crippen molar-refractivity contribution in [3.05, 3.63) is 53.5 Å². The number of furan rings is 1. The van der Waals surface area contributed by atoms with Crippen molar-refractivity contribution in [3.8, 4) is 5.75 Å². The van der Waals surface area contributed by atoms with Gasteiger partial charge in [0, 0.05) is 6.42 Å². The van der Waals surface area contributed by atoms with Crippen molar-refractivity contribution in [2.45, 2.75) is 26.0 Å². The van der Waals surface area contributed by atoms with Crippen molar-refractivity contribution in [3.63, 3.8) is 0 Å². The first kappa shape index (κ1) is 13.5. The number of hydrogen-bond donors (Lipinski definition) is 1. The van der Waals surface area contributed by atoms with Gasteiger partial charge in [-0.25, -0.2) is 0 Å². The molecule has 0 bridgehead atoms. The topological polar surface area (TPSA) is 48.4 Å². The van der Waals surface area contributed by atoms with Crippen LogP contribution < -0.4 is 10.5 Å². The monoisotopic (exact) mass is 267 g/mol. The second-order valence-corrected chi connectivity index (χ2v) is 4.09. The quantitative estimate of drug-likeness (QED) is 0.902. The number of ether oxygens (including phenoxy) is 1. The Balaban J connectivity index is 2.20. The van der Waals surface area contributed by atoms with Gasteiger partial charge in [-0.3, -0.25) is 0 Å². The highest BCUT2D eigenvalue weighted by Gasteiger charge is 2.14. The highest BCUT2D eigenvalue weighted by Crippen LogP contribution is 2.25. The lowest BCUT2D eigenvalue weighted by molar-refractivity contribution is -0.0498. The molecule has 0 saturated carbocycles. The van der Waals surface area contributed by atoms with Crippen LogP contribution in [0, 0.1) is 0 Å². The van der Waals surface area contributed by atoms with Crippen molar-refractivity contribution >= 4 is 0 Å². The van der Waals surface area contributed by atoms with Gasteiger partial charge in [0.05, 0.1) is 6.04 Å². The van der Waals surface area contributed by atoms with Crippen molar-refractivity contribution in [1.29, 1.82) is 0 Å². The van der Waals surface area contributed by atoms with Gasteiger partial charge < -0.3 is 14.9 Å². The number of alkyl halides is 2. The summed E-state index contributed by atoms with van der Waals surface area (Å²) in [6.07, 6.45) is 0.779. The summed E-state index contributed by atoms with van der Waals surface area (Å²) in [5.41, 5.74) is 6.71. The molecule has 1 aromatic carbocycles. The first-order valence-corrected chi connectivity index (χ1v) is 5.99. The van der Waals surface area contributed by atoms with Gasteiger partial charge in [0.2, 0.25) is 0 Å².